The maximum absolute atomic E-state index is 14.1. The van der Waals surface area contributed by atoms with E-state index in [2.05, 4.69) is 15.6 Å². The topological polar surface area (TPSA) is 123 Å². The van der Waals surface area contributed by atoms with Gasteiger partial charge in [0.2, 0.25) is 0 Å². The Morgan fingerprint density at radius 1 is 0.711 bits per heavy atom. The van der Waals surface area contributed by atoms with Gasteiger partial charge >= 0.3 is 0 Å². The Balaban J connectivity index is 1.26. The number of para-hydroxylation sites is 2. The zero-order chi connectivity index (χ0) is 30.7. The largest absolute Gasteiger partial charge is 0.338 e. The number of aromatic nitrogens is 5. The number of rotatable bonds is 5. The highest BCUT2D eigenvalue weighted by atomic mass is 16.2. The Morgan fingerprint density at radius 2 is 1.36 bits per heavy atom. The van der Waals surface area contributed by atoms with Crippen molar-refractivity contribution in [3.63, 3.8) is 0 Å². The van der Waals surface area contributed by atoms with Crippen LogP contribution in [-0.4, -0.2) is 41.9 Å². The second-order valence-corrected chi connectivity index (χ2v) is 10.7. The standard InChI is InChI=1S/C35H23N7O3/c1-20-28-19-36-33-29(34(45)38-22-16-17-26-27(18-22)31(44)25-15-9-8-14-24(25)30(26)43)32(37-21-10-4-2-5-11-21)40-42(33)35(28)41(39-20)23-12-6-3-7-13-23/h2-19H,1H3,(H,37,40)(H,38,45). The van der Waals surface area contributed by atoms with Gasteiger partial charge in [-0.3, -0.25) is 14.4 Å². The summed E-state index contributed by atoms with van der Waals surface area (Å²) in [4.78, 5) is 45.2. The number of nitrogens with one attached hydrogen (secondary N) is 2. The van der Waals surface area contributed by atoms with Gasteiger partial charge in [0.25, 0.3) is 5.91 Å². The van der Waals surface area contributed by atoms with Crippen LogP contribution in [0.3, 0.4) is 0 Å². The molecule has 3 heterocycles. The van der Waals surface area contributed by atoms with E-state index < -0.39 is 5.91 Å². The Bertz CT molecular complexity index is 2340. The van der Waals surface area contributed by atoms with Crippen molar-refractivity contribution in [2.45, 2.75) is 6.92 Å². The summed E-state index contributed by atoms with van der Waals surface area (Å²) in [6, 6.07) is 30.5. The number of anilines is 3. The van der Waals surface area contributed by atoms with Crippen LogP contribution in [0, 0.1) is 6.92 Å². The van der Waals surface area contributed by atoms with Gasteiger partial charge in [0.05, 0.1) is 16.8 Å². The molecule has 8 rings (SSSR count). The molecule has 0 aliphatic heterocycles. The van der Waals surface area contributed by atoms with Crippen LogP contribution in [-0.2, 0) is 0 Å². The highest BCUT2D eigenvalue weighted by molar-refractivity contribution is 6.28. The first-order valence-corrected chi connectivity index (χ1v) is 14.3. The molecule has 0 unspecified atom stereocenters. The van der Waals surface area contributed by atoms with Crippen molar-refractivity contribution < 1.29 is 14.4 Å². The number of amides is 1. The van der Waals surface area contributed by atoms with E-state index in [0.29, 0.717) is 33.7 Å². The Kier molecular flexibility index (Phi) is 5.88. The van der Waals surface area contributed by atoms with Crippen molar-refractivity contribution in [1.82, 2.24) is 24.4 Å². The van der Waals surface area contributed by atoms with E-state index in [9.17, 15) is 14.4 Å². The van der Waals surface area contributed by atoms with E-state index in [-0.39, 0.29) is 28.5 Å². The van der Waals surface area contributed by atoms with Gasteiger partial charge in [-0.2, -0.15) is 9.61 Å². The summed E-state index contributed by atoms with van der Waals surface area (Å²) in [5.74, 6) is -0.705. The molecule has 0 bridgehead atoms. The molecule has 1 amide bonds. The predicted molar refractivity (Wildman–Crippen MR) is 170 cm³/mol. The number of benzene rings is 4. The summed E-state index contributed by atoms with van der Waals surface area (Å²) in [7, 11) is 0. The molecule has 45 heavy (non-hydrogen) atoms. The van der Waals surface area contributed by atoms with Crippen LogP contribution >= 0.6 is 0 Å². The van der Waals surface area contributed by atoms with Gasteiger partial charge in [-0.1, -0.05) is 60.7 Å². The molecular formula is C35H23N7O3. The molecule has 0 saturated heterocycles. The summed E-state index contributed by atoms with van der Waals surface area (Å²) in [5, 5.41) is 16.6. The molecular weight excluding hydrogens is 566 g/mol. The van der Waals surface area contributed by atoms with Gasteiger partial charge in [0, 0.05) is 39.8 Å². The van der Waals surface area contributed by atoms with E-state index in [4.69, 9.17) is 10.2 Å². The number of ketones is 2. The van der Waals surface area contributed by atoms with E-state index in [1.54, 1.807) is 57.9 Å². The predicted octanol–water partition coefficient (Wildman–Crippen LogP) is 6.15. The summed E-state index contributed by atoms with van der Waals surface area (Å²) in [6.07, 6.45) is 1.69. The fourth-order valence-electron chi connectivity index (χ4n) is 5.76. The SMILES string of the molecule is Cc1nn(-c2ccccc2)c2c1cnc1c(C(=O)Nc3ccc4c(c3)C(=O)c3ccccc3C4=O)c(Nc3ccccc3)nn12. The lowest BCUT2D eigenvalue weighted by Crippen LogP contribution is -2.21. The first-order chi connectivity index (χ1) is 22.0. The number of hydrogen-bond donors (Lipinski definition) is 2. The first-order valence-electron chi connectivity index (χ1n) is 14.3. The quantitative estimate of drug-likeness (QED) is 0.247. The Labute approximate surface area is 256 Å². The number of aryl methyl sites for hydroxylation is 1. The van der Waals surface area contributed by atoms with Gasteiger partial charge in [-0.15, -0.1) is 5.10 Å². The minimum Gasteiger partial charge on any atom is -0.338 e. The van der Waals surface area contributed by atoms with E-state index in [1.165, 1.54) is 0 Å². The smallest absolute Gasteiger partial charge is 0.263 e. The Morgan fingerprint density at radius 3 is 2.09 bits per heavy atom. The van der Waals surface area contributed by atoms with Gasteiger partial charge in [-0.05, 0) is 49.4 Å². The van der Waals surface area contributed by atoms with Gasteiger partial charge < -0.3 is 10.6 Å². The highest BCUT2D eigenvalue weighted by Gasteiger charge is 2.30. The van der Waals surface area contributed by atoms with Crippen molar-refractivity contribution in [3.8, 4) is 5.69 Å². The highest BCUT2D eigenvalue weighted by Crippen LogP contribution is 2.32. The fraction of sp³-hybridized carbons (Fsp3) is 0.0286. The zero-order valence-electron chi connectivity index (χ0n) is 23.9. The van der Waals surface area contributed by atoms with Crippen molar-refractivity contribution >= 4 is 51.3 Å². The van der Waals surface area contributed by atoms with Crippen LogP contribution in [0.15, 0.2) is 109 Å². The molecule has 2 N–H and O–H groups in total. The molecule has 0 atom stereocenters. The van der Waals surface area contributed by atoms with Crippen molar-refractivity contribution in [2.75, 3.05) is 10.6 Å². The molecule has 1 aliphatic carbocycles. The maximum Gasteiger partial charge on any atom is 0.263 e. The molecule has 7 aromatic rings. The summed E-state index contributed by atoms with van der Waals surface area (Å²) in [5.41, 5.74) is 5.09. The summed E-state index contributed by atoms with van der Waals surface area (Å²) in [6.45, 7) is 1.90. The molecule has 0 radical (unpaired) electrons. The van der Waals surface area contributed by atoms with Crippen LogP contribution in [0.5, 0.6) is 0 Å². The van der Waals surface area contributed by atoms with Crippen LogP contribution < -0.4 is 10.6 Å². The summed E-state index contributed by atoms with van der Waals surface area (Å²) >= 11 is 0. The monoisotopic (exact) mass is 589 g/mol. The van der Waals surface area contributed by atoms with Crippen LogP contribution in [0.1, 0.15) is 47.9 Å². The minimum absolute atomic E-state index is 0.199. The average Bonchev–Trinajstić information content (AvgIpc) is 3.61. The number of carbonyl (C=O) groups excluding carboxylic acids is 3. The Hall–Kier alpha value is -6.42. The lowest BCUT2D eigenvalue weighted by atomic mass is 9.84. The molecule has 1 aliphatic rings. The van der Waals surface area contributed by atoms with Gasteiger partial charge in [-0.25, -0.2) is 9.67 Å². The van der Waals surface area contributed by atoms with Crippen molar-refractivity contribution in [1.29, 1.82) is 0 Å². The number of hydrogen-bond acceptors (Lipinski definition) is 7. The van der Waals surface area contributed by atoms with Crippen LogP contribution in [0.2, 0.25) is 0 Å². The first kappa shape index (κ1) is 26.2. The van der Waals surface area contributed by atoms with E-state index in [0.717, 1.165) is 22.5 Å². The second-order valence-electron chi connectivity index (χ2n) is 10.7. The third kappa shape index (κ3) is 4.19. The lowest BCUT2D eigenvalue weighted by Gasteiger charge is -2.18. The number of fused-ring (bicyclic) bond motifs is 5. The van der Waals surface area contributed by atoms with Gasteiger partial charge in [0.15, 0.2) is 28.7 Å². The third-order valence-electron chi connectivity index (χ3n) is 7.91. The van der Waals surface area contributed by atoms with Crippen LogP contribution in [0.4, 0.5) is 17.2 Å². The fourth-order valence-corrected chi connectivity index (χ4v) is 5.76. The minimum atomic E-state index is -0.493. The molecule has 0 fully saturated rings. The second kappa shape index (κ2) is 10.1. The van der Waals surface area contributed by atoms with Crippen molar-refractivity contribution in [3.05, 3.63) is 143 Å². The number of carbonyl (C=O) groups is 3. The molecule has 216 valence electrons. The molecule has 10 nitrogen and oxygen atoms in total. The van der Waals surface area contributed by atoms with Crippen molar-refractivity contribution in [2.24, 2.45) is 0 Å². The van der Waals surface area contributed by atoms with E-state index >= 15 is 0 Å². The molecule has 0 saturated carbocycles. The summed E-state index contributed by atoms with van der Waals surface area (Å²) < 4.78 is 3.40. The average molecular weight is 590 g/mol. The molecule has 4 aromatic carbocycles. The normalized spacial score (nSPS) is 12.3. The number of nitrogens with zero attached hydrogens (tertiary/aromatic N) is 5. The lowest BCUT2D eigenvalue weighted by molar-refractivity contribution is 0.0979. The maximum atomic E-state index is 14.1. The zero-order valence-corrected chi connectivity index (χ0v) is 23.9. The van der Waals surface area contributed by atoms with Crippen LogP contribution in [0.25, 0.3) is 22.4 Å². The van der Waals surface area contributed by atoms with Gasteiger partial charge in [0.1, 0.15) is 5.56 Å². The molecule has 0 spiro atoms. The molecule has 3 aromatic heterocycles. The molecule has 10 heteroatoms. The third-order valence-corrected chi connectivity index (χ3v) is 7.91. The van der Waals surface area contributed by atoms with E-state index in [1.807, 2.05) is 67.6 Å².